The van der Waals surface area contributed by atoms with Crippen molar-refractivity contribution in [3.05, 3.63) is 47.9 Å². The maximum absolute atomic E-state index is 13.9. The van der Waals surface area contributed by atoms with Gasteiger partial charge in [-0.3, -0.25) is 0 Å². The zero-order valence-corrected chi connectivity index (χ0v) is 20.4. The lowest BCUT2D eigenvalue weighted by Gasteiger charge is -2.34. The van der Waals surface area contributed by atoms with Gasteiger partial charge < -0.3 is 25.3 Å². The fourth-order valence-electron chi connectivity index (χ4n) is 4.93. The molecule has 5 rings (SSSR count). The number of nitrogen functional groups attached to an aromatic ring is 1. The maximum atomic E-state index is 13.9. The Bertz CT molecular complexity index is 1250. The molecule has 0 atom stereocenters. The number of hydrogen-bond donors (Lipinski definition) is 2. The first-order chi connectivity index (χ1) is 17.7. The molecule has 12 heteroatoms. The highest BCUT2D eigenvalue weighted by Gasteiger charge is 2.35. The first-order valence-corrected chi connectivity index (χ1v) is 12.4. The number of rotatable bonds is 7. The van der Waals surface area contributed by atoms with Gasteiger partial charge in [-0.1, -0.05) is 0 Å². The predicted molar refractivity (Wildman–Crippen MR) is 131 cm³/mol. The van der Waals surface area contributed by atoms with Crippen LogP contribution in [0.2, 0.25) is 0 Å². The van der Waals surface area contributed by atoms with Crippen molar-refractivity contribution in [2.24, 2.45) is 5.92 Å². The van der Waals surface area contributed by atoms with Crippen LogP contribution < -0.4 is 20.7 Å². The monoisotopic (exact) mass is 519 g/mol. The van der Waals surface area contributed by atoms with Crippen molar-refractivity contribution in [3.63, 3.8) is 0 Å². The second-order valence-corrected chi connectivity index (χ2v) is 9.46. The van der Waals surface area contributed by atoms with Gasteiger partial charge in [0.15, 0.2) is 11.6 Å². The molecule has 2 fully saturated rings. The van der Waals surface area contributed by atoms with Crippen molar-refractivity contribution in [1.82, 2.24) is 24.8 Å². The van der Waals surface area contributed by atoms with Gasteiger partial charge in [-0.2, -0.15) is 13.2 Å². The Morgan fingerprint density at radius 3 is 2.57 bits per heavy atom. The smallest absolute Gasteiger partial charge is 0.419 e. The molecule has 0 unspecified atom stereocenters. The molecule has 37 heavy (non-hydrogen) atoms. The number of nitrogens with zero attached hydrogens (tertiary/aromatic N) is 5. The van der Waals surface area contributed by atoms with Gasteiger partial charge in [0.2, 0.25) is 5.75 Å². The summed E-state index contributed by atoms with van der Waals surface area (Å²) in [4.78, 5) is 15.3. The van der Waals surface area contributed by atoms with Crippen molar-refractivity contribution in [2.45, 2.75) is 38.4 Å². The zero-order chi connectivity index (χ0) is 26.2. The number of aromatic nitrogens is 4. The molecule has 2 saturated heterocycles. The van der Waals surface area contributed by atoms with Gasteiger partial charge >= 0.3 is 6.18 Å². The predicted octanol–water partition coefficient (Wildman–Crippen LogP) is 4.08. The molecule has 0 radical (unpaired) electrons. The summed E-state index contributed by atoms with van der Waals surface area (Å²) in [7, 11) is 0. The van der Waals surface area contributed by atoms with E-state index in [4.69, 9.17) is 15.5 Å². The van der Waals surface area contributed by atoms with Gasteiger partial charge in [-0.05, 0) is 38.0 Å². The summed E-state index contributed by atoms with van der Waals surface area (Å²) in [6.07, 6.45) is -0.0205. The minimum absolute atomic E-state index is 0.107. The molecule has 0 bridgehead atoms. The standard InChI is InChI=1S/C25H29F4N7O/c1-2-37-21-22(30)32-14-33-24(21)35-7-5-16(6-8-35)23-34-20(13-36(23)12-15-10-31-11-15)17-3-4-19(26)18(9-17)25(27,28)29/h3-4,9,13-16,31H,2,5-8,10-12H2,1H3,(H2,30,32,33). The molecule has 198 valence electrons. The van der Waals surface area contributed by atoms with Gasteiger partial charge in [0, 0.05) is 56.3 Å². The Morgan fingerprint density at radius 1 is 1.16 bits per heavy atom. The molecule has 2 aliphatic heterocycles. The number of anilines is 2. The number of halogens is 4. The Hall–Kier alpha value is -3.41. The van der Waals surface area contributed by atoms with Gasteiger partial charge in [0.1, 0.15) is 18.0 Å². The number of ether oxygens (including phenoxy) is 1. The van der Waals surface area contributed by atoms with Crippen LogP contribution in [0.3, 0.4) is 0 Å². The lowest BCUT2D eigenvalue weighted by Crippen LogP contribution is -2.44. The largest absolute Gasteiger partial charge is 0.487 e. The summed E-state index contributed by atoms with van der Waals surface area (Å²) < 4.78 is 61.6. The normalized spacial score (nSPS) is 17.2. The van der Waals surface area contributed by atoms with Crippen LogP contribution in [0.5, 0.6) is 5.75 Å². The van der Waals surface area contributed by atoms with E-state index in [-0.39, 0.29) is 11.5 Å². The number of alkyl halides is 3. The van der Waals surface area contributed by atoms with Gasteiger partial charge in [-0.25, -0.2) is 19.3 Å². The van der Waals surface area contributed by atoms with E-state index in [1.807, 2.05) is 6.92 Å². The van der Waals surface area contributed by atoms with Gasteiger partial charge in [0.25, 0.3) is 0 Å². The zero-order valence-electron chi connectivity index (χ0n) is 20.4. The Labute approximate surface area is 211 Å². The summed E-state index contributed by atoms with van der Waals surface area (Å²) >= 11 is 0. The van der Waals surface area contributed by atoms with Crippen LogP contribution in [0, 0.1) is 11.7 Å². The van der Waals surface area contributed by atoms with Crippen molar-refractivity contribution < 1.29 is 22.3 Å². The molecule has 2 aliphatic rings. The van der Waals surface area contributed by atoms with Crippen molar-refractivity contribution >= 4 is 11.6 Å². The van der Waals surface area contributed by atoms with Crippen molar-refractivity contribution in [1.29, 1.82) is 0 Å². The van der Waals surface area contributed by atoms with Crippen LogP contribution >= 0.6 is 0 Å². The Balaban J connectivity index is 1.40. The summed E-state index contributed by atoms with van der Waals surface area (Å²) in [5, 5.41) is 3.25. The molecule has 1 aromatic carbocycles. The van der Waals surface area contributed by atoms with E-state index in [0.717, 1.165) is 50.4 Å². The molecule has 0 spiro atoms. The Morgan fingerprint density at radius 2 is 1.92 bits per heavy atom. The van der Waals surface area contributed by atoms with E-state index in [1.165, 1.54) is 12.4 Å². The molecule has 8 nitrogen and oxygen atoms in total. The SMILES string of the molecule is CCOc1c(N)ncnc1N1CCC(c2nc(-c3ccc(F)c(C(F)(F)F)c3)cn2CC2CNC2)CC1. The maximum Gasteiger partial charge on any atom is 0.419 e. The van der Waals surface area contributed by atoms with Crippen LogP contribution in [0.1, 0.15) is 37.1 Å². The molecule has 3 aromatic rings. The van der Waals surface area contributed by atoms with E-state index in [9.17, 15) is 17.6 Å². The summed E-state index contributed by atoms with van der Waals surface area (Å²) in [6, 6.07) is 3.05. The minimum atomic E-state index is -4.78. The minimum Gasteiger partial charge on any atom is -0.487 e. The third-order valence-electron chi connectivity index (χ3n) is 6.96. The summed E-state index contributed by atoms with van der Waals surface area (Å²) in [5.41, 5.74) is 5.38. The first kappa shape index (κ1) is 25.2. The number of nitrogens with one attached hydrogen (secondary N) is 1. The molecule has 0 amide bonds. The van der Waals surface area contributed by atoms with Crippen LogP contribution in [-0.4, -0.2) is 52.3 Å². The summed E-state index contributed by atoms with van der Waals surface area (Å²) in [6.45, 7) is 6.17. The fourth-order valence-corrected chi connectivity index (χ4v) is 4.93. The average Bonchev–Trinajstić information content (AvgIpc) is 3.26. The summed E-state index contributed by atoms with van der Waals surface area (Å²) in [5.74, 6) is 1.51. The molecular weight excluding hydrogens is 490 g/mol. The number of piperidine rings is 1. The highest BCUT2D eigenvalue weighted by Crippen LogP contribution is 2.38. The number of nitrogens with two attached hydrogens (primary N) is 1. The van der Waals surface area contributed by atoms with Gasteiger partial charge in [-0.15, -0.1) is 0 Å². The average molecular weight is 520 g/mol. The Kier molecular flexibility index (Phi) is 6.93. The quantitative estimate of drug-likeness (QED) is 0.455. The van der Waals surface area contributed by atoms with Crippen LogP contribution in [0.25, 0.3) is 11.3 Å². The van der Waals surface area contributed by atoms with Crippen molar-refractivity contribution in [3.8, 4) is 17.0 Å². The fraction of sp³-hybridized carbons (Fsp3) is 0.480. The van der Waals surface area contributed by atoms with E-state index >= 15 is 0 Å². The van der Waals surface area contributed by atoms with Crippen molar-refractivity contribution in [2.75, 3.05) is 43.4 Å². The van der Waals surface area contributed by atoms with Crippen LogP contribution in [0.4, 0.5) is 29.2 Å². The van der Waals surface area contributed by atoms with Crippen LogP contribution in [-0.2, 0) is 12.7 Å². The molecular formula is C25H29F4N7O. The molecule has 0 aliphatic carbocycles. The number of hydrogen-bond acceptors (Lipinski definition) is 7. The first-order valence-electron chi connectivity index (χ1n) is 12.4. The number of imidazole rings is 1. The molecule has 2 aromatic heterocycles. The highest BCUT2D eigenvalue weighted by atomic mass is 19.4. The second kappa shape index (κ2) is 10.2. The lowest BCUT2D eigenvalue weighted by molar-refractivity contribution is -0.139. The van der Waals surface area contributed by atoms with Gasteiger partial charge in [0.05, 0.1) is 17.9 Å². The van der Waals surface area contributed by atoms with E-state index in [0.29, 0.717) is 48.7 Å². The van der Waals surface area contributed by atoms with E-state index < -0.39 is 17.6 Å². The van der Waals surface area contributed by atoms with E-state index in [1.54, 1.807) is 6.20 Å². The molecule has 4 heterocycles. The second-order valence-electron chi connectivity index (χ2n) is 9.46. The highest BCUT2D eigenvalue weighted by molar-refractivity contribution is 5.63. The molecule has 0 saturated carbocycles. The van der Waals surface area contributed by atoms with E-state index in [2.05, 4.69) is 24.8 Å². The topological polar surface area (TPSA) is 94.1 Å². The number of benzene rings is 1. The van der Waals surface area contributed by atoms with Crippen LogP contribution in [0.15, 0.2) is 30.7 Å². The molecule has 3 N–H and O–H groups in total. The third-order valence-corrected chi connectivity index (χ3v) is 6.96. The lowest BCUT2D eigenvalue weighted by atomic mass is 9.95. The third kappa shape index (κ3) is 5.20.